The van der Waals surface area contributed by atoms with Crippen molar-refractivity contribution in [1.29, 1.82) is 0 Å². The van der Waals surface area contributed by atoms with Gasteiger partial charge in [0, 0.05) is 13.5 Å². The summed E-state index contributed by atoms with van der Waals surface area (Å²) >= 11 is 0. The van der Waals surface area contributed by atoms with Gasteiger partial charge in [-0.2, -0.15) is 0 Å². The summed E-state index contributed by atoms with van der Waals surface area (Å²) < 4.78 is 15.4. The summed E-state index contributed by atoms with van der Waals surface area (Å²) in [5.74, 6) is 0.509. The molecule has 6 nitrogen and oxygen atoms in total. The first-order valence-electron chi connectivity index (χ1n) is 5.53. The third-order valence-corrected chi connectivity index (χ3v) is 2.26. The molecule has 1 aromatic heterocycles. The van der Waals surface area contributed by atoms with E-state index in [1.165, 1.54) is 27.3 Å². The molecule has 0 saturated heterocycles. The van der Waals surface area contributed by atoms with E-state index in [1.807, 2.05) is 0 Å². The Hall–Kier alpha value is -1.82. The van der Waals surface area contributed by atoms with Crippen LogP contribution in [0.4, 0.5) is 0 Å². The Morgan fingerprint density at radius 2 is 2.00 bits per heavy atom. The number of aliphatic hydroxyl groups is 1. The average molecular weight is 255 g/mol. The summed E-state index contributed by atoms with van der Waals surface area (Å²) in [6, 6.07) is 0. The number of carbonyl (C=O) groups is 1. The quantitative estimate of drug-likeness (QED) is 0.762. The molecular weight excluding hydrogens is 238 g/mol. The average Bonchev–Trinajstić information content (AvgIpc) is 2.35. The van der Waals surface area contributed by atoms with Crippen LogP contribution < -0.4 is 14.2 Å². The normalized spacial score (nSPS) is 10.0. The number of methoxy groups -OCH3 is 2. The Bertz CT molecular complexity index is 419. The first-order valence-corrected chi connectivity index (χ1v) is 5.53. The van der Waals surface area contributed by atoms with Gasteiger partial charge in [0.05, 0.1) is 26.1 Å². The van der Waals surface area contributed by atoms with Crippen LogP contribution in [0.15, 0.2) is 6.20 Å². The molecule has 6 heteroatoms. The van der Waals surface area contributed by atoms with Gasteiger partial charge < -0.3 is 19.3 Å². The second-order valence-electron chi connectivity index (χ2n) is 3.56. The van der Waals surface area contributed by atoms with E-state index in [4.69, 9.17) is 19.3 Å². The zero-order valence-electron chi connectivity index (χ0n) is 10.7. The van der Waals surface area contributed by atoms with E-state index < -0.39 is 5.97 Å². The van der Waals surface area contributed by atoms with Crippen LogP contribution in [0.3, 0.4) is 0 Å². The van der Waals surface area contributed by atoms with Crippen molar-refractivity contribution >= 4 is 5.97 Å². The zero-order valence-corrected chi connectivity index (χ0v) is 10.7. The van der Waals surface area contributed by atoms with E-state index in [1.54, 1.807) is 0 Å². The van der Waals surface area contributed by atoms with Crippen molar-refractivity contribution < 1.29 is 24.1 Å². The van der Waals surface area contributed by atoms with Gasteiger partial charge in [0.15, 0.2) is 11.5 Å². The summed E-state index contributed by atoms with van der Waals surface area (Å²) in [5.41, 5.74) is 0.652. The highest BCUT2D eigenvalue weighted by molar-refractivity contribution is 5.71. The Kier molecular flexibility index (Phi) is 5.38. The number of hydrogen-bond donors (Lipinski definition) is 1. The smallest absolute Gasteiger partial charge is 0.308 e. The van der Waals surface area contributed by atoms with Crippen molar-refractivity contribution in [2.75, 3.05) is 20.8 Å². The fourth-order valence-corrected chi connectivity index (χ4v) is 1.55. The van der Waals surface area contributed by atoms with E-state index in [9.17, 15) is 4.79 Å². The van der Waals surface area contributed by atoms with Crippen LogP contribution in [0.1, 0.15) is 19.0 Å². The van der Waals surface area contributed by atoms with Crippen molar-refractivity contribution in [1.82, 2.24) is 4.98 Å². The molecule has 1 aromatic rings. The van der Waals surface area contributed by atoms with Crippen LogP contribution in [-0.2, 0) is 11.2 Å². The lowest BCUT2D eigenvalue weighted by atomic mass is 10.2. The zero-order chi connectivity index (χ0) is 13.5. The molecule has 1 heterocycles. The van der Waals surface area contributed by atoms with Crippen LogP contribution in [0.25, 0.3) is 0 Å². The van der Waals surface area contributed by atoms with Gasteiger partial charge in [0.1, 0.15) is 0 Å². The van der Waals surface area contributed by atoms with Gasteiger partial charge in [-0.3, -0.25) is 9.78 Å². The lowest BCUT2D eigenvalue weighted by Crippen LogP contribution is -2.07. The first kappa shape index (κ1) is 14.2. The minimum Gasteiger partial charge on any atom is -0.491 e. The van der Waals surface area contributed by atoms with Crippen molar-refractivity contribution in [2.24, 2.45) is 0 Å². The van der Waals surface area contributed by atoms with Crippen molar-refractivity contribution in [3.8, 4) is 17.2 Å². The Morgan fingerprint density at radius 3 is 2.50 bits per heavy atom. The third kappa shape index (κ3) is 3.33. The molecule has 0 atom stereocenters. The summed E-state index contributed by atoms with van der Waals surface area (Å²) in [5, 5.41) is 8.82. The standard InChI is InChI=1S/C12H17NO5/c1-8(15)18-10-7-13-9(5-4-6-14)11(16-2)12(10)17-3/h7,14H,4-6H2,1-3H3. The predicted molar refractivity (Wildman–Crippen MR) is 64.1 cm³/mol. The molecule has 0 aliphatic carbocycles. The van der Waals surface area contributed by atoms with Gasteiger partial charge in [0.25, 0.3) is 0 Å². The van der Waals surface area contributed by atoms with Gasteiger partial charge in [-0.05, 0) is 12.8 Å². The SMILES string of the molecule is COc1c(OC(C)=O)cnc(CCCO)c1OC. The van der Waals surface area contributed by atoms with Gasteiger partial charge in [-0.25, -0.2) is 0 Å². The minimum atomic E-state index is -0.458. The van der Waals surface area contributed by atoms with Crippen LogP contribution >= 0.6 is 0 Å². The number of pyridine rings is 1. The van der Waals surface area contributed by atoms with E-state index in [0.29, 0.717) is 30.0 Å². The molecule has 18 heavy (non-hydrogen) atoms. The lowest BCUT2D eigenvalue weighted by Gasteiger charge is -2.14. The number of ether oxygens (including phenoxy) is 3. The number of aromatic nitrogens is 1. The highest BCUT2D eigenvalue weighted by Crippen LogP contribution is 2.38. The molecule has 0 bridgehead atoms. The van der Waals surface area contributed by atoms with E-state index >= 15 is 0 Å². The summed E-state index contributed by atoms with van der Waals surface area (Å²) in [7, 11) is 2.94. The highest BCUT2D eigenvalue weighted by atomic mass is 16.6. The predicted octanol–water partition coefficient (Wildman–Crippen LogP) is 0.949. The number of aliphatic hydroxyl groups excluding tert-OH is 1. The number of aryl methyl sites for hydroxylation is 1. The number of esters is 1. The first-order chi connectivity index (χ1) is 8.63. The molecule has 0 aliphatic heterocycles. The fraction of sp³-hybridized carbons (Fsp3) is 0.500. The number of rotatable bonds is 6. The second-order valence-corrected chi connectivity index (χ2v) is 3.56. The van der Waals surface area contributed by atoms with Gasteiger partial charge in [-0.15, -0.1) is 0 Å². The monoisotopic (exact) mass is 255 g/mol. The van der Waals surface area contributed by atoms with Crippen LogP contribution in [-0.4, -0.2) is 36.9 Å². The molecule has 0 aromatic carbocycles. The summed E-state index contributed by atoms with van der Waals surface area (Å²) in [6.07, 6.45) is 2.53. The molecule has 100 valence electrons. The maximum atomic E-state index is 11.0. The molecule has 1 N–H and O–H groups in total. The molecule has 0 spiro atoms. The van der Waals surface area contributed by atoms with Gasteiger partial charge in [0.2, 0.25) is 5.75 Å². The van der Waals surface area contributed by atoms with Crippen LogP contribution in [0.5, 0.6) is 17.2 Å². The van der Waals surface area contributed by atoms with Crippen molar-refractivity contribution in [3.05, 3.63) is 11.9 Å². The van der Waals surface area contributed by atoms with Crippen molar-refractivity contribution in [3.63, 3.8) is 0 Å². The Morgan fingerprint density at radius 1 is 1.33 bits per heavy atom. The molecule has 0 amide bonds. The topological polar surface area (TPSA) is 77.9 Å². The number of carbonyl (C=O) groups excluding carboxylic acids is 1. The highest BCUT2D eigenvalue weighted by Gasteiger charge is 2.18. The molecule has 0 radical (unpaired) electrons. The Balaban J connectivity index is 3.13. The molecule has 0 fully saturated rings. The maximum Gasteiger partial charge on any atom is 0.308 e. The summed E-state index contributed by atoms with van der Waals surface area (Å²) in [4.78, 5) is 15.1. The van der Waals surface area contributed by atoms with Crippen molar-refractivity contribution in [2.45, 2.75) is 19.8 Å². The molecule has 1 rings (SSSR count). The molecular formula is C12H17NO5. The molecule has 0 unspecified atom stereocenters. The van der Waals surface area contributed by atoms with E-state index in [-0.39, 0.29) is 12.4 Å². The minimum absolute atomic E-state index is 0.0683. The van der Waals surface area contributed by atoms with Crippen LogP contribution in [0.2, 0.25) is 0 Å². The largest absolute Gasteiger partial charge is 0.491 e. The third-order valence-electron chi connectivity index (χ3n) is 2.26. The summed E-state index contributed by atoms with van der Waals surface area (Å²) in [6.45, 7) is 1.37. The molecule has 0 saturated carbocycles. The second kappa shape index (κ2) is 6.80. The fourth-order valence-electron chi connectivity index (χ4n) is 1.55. The van der Waals surface area contributed by atoms with E-state index in [0.717, 1.165) is 0 Å². The van der Waals surface area contributed by atoms with Crippen LogP contribution in [0, 0.1) is 0 Å². The van der Waals surface area contributed by atoms with Gasteiger partial charge >= 0.3 is 5.97 Å². The maximum absolute atomic E-state index is 11.0. The number of hydrogen-bond acceptors (Lipinski definition) is 6. The lowest BCUT2D eigenvalue weighted by molar-refractivity contribution is -0.132. The van der Waals surface area contributed by atoms with E-state index in [2.05, 4.69) is 4.98 Å². The molecule has 0 aliphatic rings. The number of nitrogens with zero attached hydrogens (tertiary/aromatic N) is 1. The van der Waals surface area contributed by atoms with Gasteiger partial charge in [-0.1, -0.05) is 0 Å². The Labute approximate surface area is 106 Å².